The number of carbonyl (C=O) groups is 1. The number of nitrogens with zero attached hydrogens (tertiary/aromatic N) is 3. The topological polar surface area (TPSA) is 103 Å². The van der Waals surface area contributed by atoms with Crippen LogP contribution in [-0.2, 0) is 14.8 Å². The number of allylic oxidation sites excluding steroid dienone is 1. The van der Waals surface area contributed by atoms with E-state index >= 15 is 0 Å². The van der Waals surface area contributed by atoms with Gasteiger partial charge in [0, 0.05) is 25.7 Å². The van der Waals surface area contributed by atoms with Crippen molar-refractivity contribution in [1.29, 1.82) is 5.26 Å². The third kappa shape index (κ3) is 4.79. The number of cyclic esters (lactones) is 1. The number of rotatable bonds is 5. The second-order valence-electron chi connectivity index (χ2n) is 6.79. The van der Waals surface area contributed by atoms with Gasteiger partial charge in [-0.1, -0.05) is 5.57 Å². The van der Waals surface area contributed by atoms with Gasteiger partial charge < -0.3 is 9.64 Å². The van der Waals surface area contributed by atoms with E-state index in [4.69, 9.17) is 10.00 Å². The molecule has 28 heavy (non-hydrogen) atoms. The number of anilines is 2. The Morgan fingerprint density at radius 3 is 2.71 bits per heavy atom. The van der Waals surface area contributed by atoms with Gasteiger partial charge in [0.15, 0.2) is 0 Å². The zero-order chi connectivity index (χ0) is 20.3. The molecule has 1 aromatic rings. The van der Waals surface area contributed by atoms with Crippen molar-refractivity contribution in [3.8, 4) is 6.07 Å². The average molecular weight is 408 g/mol. The highest BCUT2D eigenvalue weighted by molar-refractivity contribution is 7.88. The van der Waals surface area contributed by atoms with E-state index < -0.39 is 28.0 Å². The molecule has 1 aromatic carbocycles. The first-order valence-corrected chi connectivity index (χ1v) is 10.7. The van der Waals surface area contributed by atoms with Crippen LogP contribution >= 0.6 is 0 Å². The molecule has 1 N–H and O–H groups in total. The lowest BCUT2D eigenvalue weighted by Crippen LogP contribution is -2.34. The highest BCUT2D eigenvalue weighted by atomic mass is 32.2. The molecule has 0 spiro atoms. The van der Waals surface area contributed by atoms with Gasteiger partial charge in [0.25, 0.3) is 0 Å². The Hall–Kier alpha value is -2.64. The summed E-state index contributed by atoms with van der Waals surface area (Å²) < 4.78 is 44.5. The van der Waals surface area contributed by atoms with Crippen LogP contribution < -0.4 is 14.5 Å². The van der Waals surface area contributed by atoms with Crippen molar-refractivity contribution in [1.82, 2.24) is 4.72 Å². The SMILES string of the molecule is CS(=O)(=O)NC[C@H]1CN(c2ccc(N3CCC(=CC#N)CC3)c(F)c2)C(=O)O1. The molecule has 0 unspecified atom stereocenters. The molecule has 2 heterocycles. The number of amides is 1. The molecule has 0 aromatic heterocycles. The van der Waals surface area contributed by atoms with Gasteiger partial charge in [-0.25, -0.2) is 22.3 Å². The molecular weight excluding hydrogens is 387 g/mol. The third-order valence-electron chi connectivity index (χ3n) is 4.71. The highest BCUT2D eigenvalue weighted by Gasteiger charge is 2.33. The molecule has 1 amide bonds. The van der Waals surface area contributed by atoms with Crippen LogP contribution in [0.25, 0.3) is 0 Å². The van der Waals surface area contributed by atoms with E-state index in [0.717, 1.165) is 11.8 Å². The molecule has 0 saturated carbocycles. The summed E-state index contributed by atoms with van der Waals surface area (Å²) in [5, 5.41) is 8.72. The maximum Gasteiger partial charge on any atom is 0.414 e. The van der Waals surface area contributed by atoms with Gasteiger partial charge in [-0.2, -0.15) is 5.26 Å². The van der Waals surface area contributed by atoms with E-state index in [1.165, 1.54) is 11.0 Å². The molecule has 2 fully saturated rings. The fourth-order valence-electron chi connectivity index (χ4n) is 3.27. The molecular formula is C18H21FN4O4S. The standard InChI is InChI=1S/C18H21FN4O4S/c1-28(25,26)21-11-15-12-23(18(24)27-15)14-2-3-17(16(19)10-14)22-8-5-13(4-7-20)6-9-22/h2-4,10,15,21H,5-6,8-9,11-12H2,1H3/t15-/m0/s1. The van der Waals surface area contributed by atoms with E-state index in [0.29, 0.717) is 37.3 Å². The largest absolute Gasteiger partial charge is 0.443 e. The Morgan fingerprint density at radius 2 is 2.11 bits per heavy atom. The zero-order valence-electron chi connectivity index (χ0n) is 15.4. The molecule has 10 heteroatoms. The lowest BCUT2D eigenvalue weighted by molar-refractivity contribution is 0.143. The number of sulfonamides is 1. The second kappa shape index (κ2) is 8.16. The number of benzene rings is 1. The Bertz CT molecular complexity index is 931. The summed E-state index contributed by atoms with van der Waals surface area (Å²) in [5.74, 6) is -0.448. The van der Waals surface area contributed by atoms with Crippen LogP contribution in [0.4, 0.5) is 20.6 Å². The number of halogens is 1. The van der Waals surface area contributed by atoms with Crippen LogP contribution in [-0.4, -0.2) is 53.0 Å². The monoisotopic (exact) mass is 408 g/mol. The maximum atomic E-state index is 14.7. The van der Waals surface area contributed by atoms with Crippen LogP contribution in [0.15, 0.2) is 29.8 Å². The molecule has 8 nitrogen and oxygen atoms in total. The summed E-state index contributed by atoms with van der Waals surface area (Å²) in [4.78, 5) is 15.3. The minimum absolute atomic E-state index is 0.0338. The Morgan fingerprint density at radius 1 is 1.39 bits per heavy atom. The molecule has 2 aliphatic rings. The van der Waals surface area contributed by atoms with Gasteiger partial charge in [-0.15, -0.1) is 0 Å². The summed E-state index contributed by atoms with van der Waals surface area (Å²) in [6.07, 6.45) is 2.71. The van der Waals surface area contributed by atoms with Crippen molar-refractivity contribution < 1.29 is 22.3 Å². The summed E-state index contributed by atoms with van der Waals surface area (Å²) in [5.41, 5.74) is 1.86. The minimum Gasteiger partial charge on any atom is -0.443 e. The van der Waals surface area contributed by atoms with Crippen molar-refractivity contribution in [3.05, 3.63) is 35.7 Å². The van der Waals surface area contributed by atoms with Crippen molar-refractivity contribution in [2.45, 2.75) is 18.9 Å². The number of hydrogen-bond acceptors (Lipinski definition) is 6. The molecule has 0 aliphatic carbocycles. The van der Waals surface area contributed by atoms with E-state index in [1.54, 1.807) is 18.2 Å². The number of carbonyl (C=O) groups excluding carboxylic acids is 1. The third-order valence-corrected chi connectivity index (χ3v) is 5.40. The molecule has 1 atom stereocenters. The molecule has 2 aliphatic heterocycles. The lowest BCUT2D eigenvalue weighted by Gasteiger charge is -2.30. The van der Waals surface area contributed by atoms with Gasteiger partial charge >= 0.3 is 6.09 Å². The van der Waals surface area contributed by atoms with Crippen LogP contribution in [0.2, 0.25) is 0 Å². The first kappa shape index (κ1) is 20.1. The van der Waals surface area contributed by atoms with Gasteiger partial charge in [-0.3, -0.25) is 4.90 Å². The van der Waals surface area contributed by atoms with Crippen LogP contribution in [0, 0.1) is 17.1 Å². The molecule has 0 bridgehead atoms. The van der Waals surface area contributed by atoms with E-state index in [2.05, 4.69) is 4.72 Å². The first-order valence-electron chi connectivity index (χ1n) is 8.81. The molecule has 3 rings (SSSR count). The first-order chi connectivity index (χ1) is 13.3. The van der Waals surface area contributed by atoms with E-state index in [1.807, 2.05) is 11.0 Å². The van der Waals surface area contributed by atoms with Crippen LogP contribution in [0.3, 0.4) is 0 Å². The Balaban J connectivity index is 1.67. The fourth-order valence-corrected chi connectivity index (χ4v) is 3.76. The summed E-state index contributed by atoms with van der Waals surface area (Å²) >= 11 is 0. The van der Waals surface area contributed by atoms with Crippen LogP contribution in [0.5, 0.6) is 0 Å². The average Bonchev–Trinajstić information content (AvgIpc) is 3.01. The predicted molar refractivity (Wildman–Crippen MR) is 102 cm³/mol. The number of nitrogens with one attached hydrogen (secondary N) is 1. The second-order valence-corrected chi connectivity index (χ2v) is 8.62. The molecule has 0 radical (unpaired) electrons. The normalized spacial score (nSPS) is 20.1. The number of ether oxygens (including phenoxy) is 1. The van der Waals surface area contributed by atoms with E-state index in [9.17, 15) is 17.6 Å². The highest BCUT2D eigenvalue weighted by Crippen LogP contribution is 2.30. The van der Waals surface area contributed by atoms with Crippen LogP contribution in [0.1, 0.15) is 12.8 Å². The summed E-state index contributed by atoms with van der Waals surface area (Å²) in [7, 11) is -3.39. The summed E-state index contributed by atoms with van der Waals surface area (Å²) in [6.45, 7) is 1.34. The fraction of sp³-hybridized carbons (Fsp3) is 0.444. The molecule has 150 valence electrons. The van der Waals surface area contributed by atoms with Crippen molar-refractivity contribution in [2.75, 3.05) is 42.2 Å². The van der Waals surface area contributed by atoms with Crippen molar-refractivity contribution in [2.24, 2.45) is 0 Å². The van der Waals surface area contributed by atoms with Gasteiger partial charge in [0.1, 0.15) is 11.9 Å². The van der Waals surface area contributed by atoms with Gasteiger partial charge in [0.05, 0.1) is 30.2 Å². The molecule has 2 saturated heterocycles. The maximum absolute atomic E-state index is 14.7. The smallest absolute Gasteiger partial charge is 0.414 e. The van der Waals surface area contributed by atoms with Crippen molar-refractivity contribution in [3.63, 3.8) is 0 Å². The number of hydrogen-bond donors (Lipinski definition) is 1. The zero-order valence-corrected chi connectivity index (χ0v) is 16.2. The quantitative estimate of drug-likeness (QED) is 0.745. The minimum atomic E-state index is -3.39. The van der Waals surface area contributed by atoms with E-state index in [-0.39, 0.29) is 13.1 Å². The summed E-state index contributed by atoms with van der Waals surface area (Å²) in [6, 6.07) is 6.58. The number of nitriles is 1. The van der Waals surface area contributed by atoms with Gasteiger partial charge in [0.2, 0.25) is 10.0 Å². The lowest BCUT2D eigenvalue weighted by atomic mass is 10.0. The van der Waals surface area contributed by atoms with Crippen molar-refractivity contribution >= 4 is 27.5 Å². The predicted octanol–water partition coefficient (Wildman–Crippen LogP) is 1.75. The number of piperidine rings is 1. The Labute approximate surface area is 163 Å². The van der Waals surface area contributed by atoms with Gasteiger partial charge in [-0.05, 0) is 31.0 Å². The Kier molecular flexibility index (Phi) is 5.86.